The Labute approximate surface area is 120 Å². The third-order valence-electron chi connectivity index (χ3n) is 2.73. The first-order valence-electron chi connectivity index (χ1n) is 5.87. The van der Waals surface area contributed by atoms with E-state index in [0.29, 0.717) is 11.3 Å². The molecule has 0 fully saturated rings. The molecule has 0 spiro atoms. The molecule has 0 aliphatic heterocycles. The van der Waals surface area contributed by atoms with Gasteiger partial charge in [0, 0.05) is 12.7 Å². The van der Waals surface area contributed by atoms with Crippen LogP contribution in [-0.2, 0) is 4.74 Å². The lowest BCUT2D eigenvalue weighted by Gasteiger charge is -2.17. The molecule has 0 heterocycles. The van der Waals surface area contributed by atoms with E-state index in [0.717, 1.165) is 10.0 Å². The topological polar surface area (TPSA) is 38.7 Å². The van der Waals surface area contributed by atoms with Crippen molar-refractivity contribution in [2.75, 3.05) is 13.9 Å². The number of hydrogen-bond donors (Lipinski definition) is 1. The van der Waals surface area contributed by atoms with Crippen molar-refractivity contribution in [3.8, 4) is 5.75 Å². The summed E-state index contributed by atoms with van der Waals surface area (Å²) in [5.74, 6) is 0.598. The molecule has 0 aliphatic rings. The molecule has 0 saturated carbocycles. The number of para-hydroxylation sites is 1. The van der Waals surface area contributed by atoms with Gasteiger partial charge in [0.25, 0.3) is 0 Å². The van der Waals surface area contributed by atoms with E-state index in [1.54, 1.807) is 7.11 Å². The molecule has 1 N–H and O–H groups in total. The summed E-state index contributed by atoms with van der Waals surface area (Å²) >= 11 is 3.43. The van der Waals surface area contributed by atoms with Gasteiger partial charge in [0.15, 0.2) is 6.79 Å². The predicted octanol–water partition coefficient (Wildman–Crippen LogP) is 3.51. The Kier molecular flexibility index (Phi) is 4.96. The van der Waals surface area contributed by atoms with Crippen molar-refractivity contribution in [2.24, 2.45) is 0 Å². The number of ether oxygens (including phenoxy) is 2. The first-order valence-corrected chi connectivity index (χ1v) is 6.66. The Balaban J connectivity index is 2.36. The molecular formula is C15H15BrO3. The molecule has 2 rings (SSSR count). The van der Waals surface area contributed by atoms with Crippen LogP contribution in [0.4, 0.5) is 0 Å². The van der Waals surface area contributed by atoms with Crippen LogP contribution in [-0.4, -0.2) is 19.0 Å². The Morgan fingerprint density at radius 3 is 2.53 bits per heavy atom. The SMILES string of the molecule is COCOc1c(Br)cccc1C(O)c1ccccc1. The maximum Gasteiger partial charge on any atom is 0.188 e. The van der Waals surface area contributed by atoms with Gasteiger partial charge in [0.1, 0.15) is 11.9 Å². The minimum absolute atomic E-state index is 0.136. The summed E-state index contributed by atoms with van der Waals surface area (Å²) in [4.78, 5) is 0. The Morgan fingerprint density at radius 2 is 1.84 bits per heavy atom. The van der Waals surface area contributed by atoms with E-state index in [2.05, 4.69) is 15.9 Å². The first-order chi connectivity index (χ1) is 9.24. The lowest BCUT2D eigenvalue weighted by molar-refractivity contribution is 0.0482. The number of aliphatic hydroxyl groups is 1. The van der Waals surface area contributed by atoms with E-state index in [4.69, 9.17) is 9.47 Å². The molecule has 0 radical (unpaired) electrons. The lowest BCUT2D eigenvalue weighted by atomic mass is 10.0. The summed E-state index contributed by atoms with van der Waals surface area (Å²) in [6.07, 6.45) is -0.731. The van der Waals surface area contributed by atoms with Crippen molar-refractivity contribution >= 4 is 15.9 Å². The summed E-state index contributed by atoms with van der Waals surface area (Å²) in [5.41, 5.74) is 1.53. The van der Waals surface area contributed by atoms with Crippen molar-refractivity contribution in [1.29, 1.82) is 0 Å². The summed E-state index contributed by atoms with van der Waals surface area (Å²) in [6.45, 7) is 0.136. The van der Waals surface area contributed by atoms with Gasteiger partial charge < -0.3 is 14.6 Å². The number of aliphatic hydroxyl groups excluding tert-OH is 1. The van der Waals surface area contributed by atoms with Crippen molar-refractivity contribution in [3.05, 3.63) is 64.1 Å². The second-order valence-electron chi connectivity index (χ2n) is 4.02. The molecule has 0 saturated heterocycles. The summed E-state index contributed by atoms with van der Waals surface area (Å²) < 4.78 is 11.2. The number of methoxy groups -OCH3 is 1. The van der Waals surface area contributed by atoms with Gasteiger partial charge >= 0.3 is 0 Å². The second-order valence-corrected chi connectivity index (χ2v) is 4.88. The molecule has 3 nitrogen and oxygen atoms in total. The Bertz CT molecular complexity index is 528. The minimum Gasteiger partial charge on any atom is -0.466 e. The van der Waals surface area contributed by atoms with E-state index in [-0.39, 0.29) is 6.79 Å². The highest BCUT2D eigenvalue weighted by Gasteiger charge is 2.17. The van der Waals surface area contributed by atoms with Gasteiger partial charge in [-0.2, -0.15) is 0 Å². The number of halogens is 1. The molecule has 1 unspecified atom stereocenters. The zero-order valence-electron chi connectivity index (χ0n) is 10.5. The summed E-state index contributed by atoms with van der Waals surface area (Å²) in [5, 5.41) is 10.5. The van der Waals surface area contributed by atoms with Gasteiger partial charge in [-0.05, 0) is 27.6 Å². The van der Waals surface area contributed by atoms with Gasteiger partial charge in [-0.3, -0.25) is 0 Å². The molecule has 0 aliphatic carbocycles. The average Bonchev–Trinajstić information content (AvgIpc) is 2.46. The molecule has 0 bridgehead atoms. The van der Waals surface area contributed by atoms with Crippen LogP contribution < -0.4 is 4.74 Å². The fourth-order valence-electron chi connectivity index (χ4n) is 1.83. The molecule has 19 heavy (non-hydrogen) atoms. The highest BCUT2D eigenvalue weighted by Crippen LogP contribution is 2.35. The normalized spacial score (nSPS) is 12.2. The van der Waals surface area contributed by atoms with Crippen molar-refractivity contribution < 1.29 is 14.6 Å². The van der Waals surface area contributed by atoms with Gasteiger partial charge in [-0.25, -0.2) is 0 Å². The summed E-state index contributed by atoms with van der Waals surface area (Å²) in [7, 11) is 1.56. The van der Waals surface area contributed by atoms with E-state index in [1.165, 1.54) is 0 Å². The molecule has 100 valence electrons. The standard InChI is InChI=1S/C15H15BrO3/c1-18-10-19-15-12(8-5-9-13(15)16)14(17)11-6-3-2-4-7-11/h2-9,14,17H,10H2,1H3. The summed E-state index contributed by atoms with van der Waals surface area (Å²) in [6, 6.07) is 15.0. The number of rotatable bonds is 5. The third-order valence-corrected chi connectivity index (χ3v) is 3.35. The predicted molar refractivity (Wildman–Crippen MR) is 77.1 cm³/mol. The van der Waals surface area contributed by atoms with Crippen LogP contribution in [0.1, 0.15) is 17.2 Å². The van der Waals surface area contributed by atoms with Crippen LogP contribution in [0, 0.1) is 0 Å². The molecule has 2 aromatic rings. The monoisotopic (exact) mass is 322 g/mol. The van der Waals surface area contributed by atoms with E-state index < -0.39 is 6.10 Å². The number of benzene rings is 2. The van der Waals surface area contributed by atoms with Crippen LogP contribution in [0.5, 0.6) is 5.75 Å². The average molecular weight is 323 g/mol. The molecule has 0 amide bonds. The molecule has 0 aromatic heterocycles. The fraction of sp³-hybridized carbons (Fsp3) is 0.200. The lowest BCUT2D eigenvalue weighted by Crippen LogP contribution is -2.06. The molecule has 2 aromatic carbocycles. The zero-order chi connectivity index (χ0) is 13.7. The minimum atomic E-state index is -0.731. The quantitative estimate of drug-likeness (QED) is 0.856. The highest BCUT2D eigenvalue weighted by atomic mass is 79.9. The molecular weight excluding hydrogens is 308 g/mol. The third kappa shape index (κ3) is 3.35. The largest absolute Gasteiger partial charge is 0.466 e. The van der Waals surface area contributed by atoms with Crippen molar-refractivity contribution in [3.63, 3.8) is 0 Å². The van der Waals surface area contributed by atoms with Gasteiger partial charge in [0.2, 0.25) is 0 Å². The van der Waals surface area contributed by atoms with Gasteiger partial charge in [-0.1, -0.05) is 42.5 Å². The number of hydrogen-bond acceptors (Lipinski definition) is 3. The van der Waals surface area contributed by atoms with Crippen molar-refractivity contribution in [2.45, 2.75) is 6.10 Å². The zero-order valence-corrected chi connectivity index (χ0v) is 12.1. The molecule has 1 atom stereocenters. The smallest absolute Gasteiger partial charge is 0.188 e. The maximum atomic E-state index is 10.5. The first kappa shape index (κ1) is 14.1. The van der Waals surface area contributed by atoms with Crippen LogP contribution in [0.25, 0.3) is 0 Å². The van der Waals surface area contributed by atoms with Gasteiger partial charge in [0.05, 0.1) is 4.47 Å². The van der Waals surface area contributed by atoms with Crippen LogP contribution in [0.15, 0.2) is 53.0 Å². The fourth-order valence-corrected chi connectivity index (χ4v) is 2.32. The Hall–Kier alpha value is -1.36. The van der Waals surface area contributed by atoms with E-state index >= 15 is 0 Å². The molecule has 4 heteroatoms. The van der Waals surface area contributed by atoms with Crippen LogP contribution in [0.3, 0.4) is 0 Å². The van der Waals surface area contributed by atoms with Crippen LogP contribution >= 0.6 is 15.9 Å². The van der Waals surface area contributed by atoms with E-state index in [9.17, 15) is 5.11 Å². The second kappa shape index (κ2) is 6.70. The van der Waals surface area contributed by atoms with E-state index in [1.807, 2.05) is 48.5 Å². The van der Waals surface area contributed by atoms with Crippen LogP contribution in [0.2, 0.25) is 0 Å². The highest BCUT2D eigenvalue weighted by molar-refractivity contribution is 9.10. The van der Waals surface area contributed by atoms with Gasteiger partial charge in [-0.15, -0.1) is 0 Å². The Morgan fingerprint density at radius 1 is 1.11 bits per heavy atom. The maximum absolute atomic E-state index is 10.5. The van der Waals surface area contributed by atoms with Crippen molar-refractivity contribution in [1.82, 2.24) is 0 Å².